The first-order valence-corrected chi connectivity index (χ1v) is 6.89. The predicted molar refractivity (Wildman–Crippen MR) is 70.6 cm³/mol. The van der Waals surface area contributed by atoms with Crippen LogP contribution in [0.25, 0.3) is 0 Å². The van der Waals surface area contributed by atoms with Gasteiger partial charge < -0.3 is 9.15 Å². The molecule has 108 valence electrons. The van der Waals surface area contributed by atoms with Crippen LogP contribution in [0.5, 0.6) is 0 Å². The van der Waals surface area contributed by atoms with Gasteiger partial charge in [-0.05, 0) is 30.2 Å². The first-order valence-electron chi connectivity index (χ1n) is 6.89. The number of rotatable bonds is 6. The Labute approximate surface area is 117 Å². The maximum atomic E-state index is 5.71. The topological polar surface area (TPSA) is 69.2 Å². The van der Waals surface area contributed by atoms with E-state index in [1.807, 2.05) is 12.1 Å². The van der Waals surface area contributed by atoms with Gasteiger partial charge in [-0.2, -0.15) is 4.80 Å². The van der Waals surface area contributed by atoms with Crippen LogP contribution in [0.4, 0.5) is 0 Å². The molecule has 2 aromatic rings. The van der Waals surface area contributed by atoms with E-state index in [0.717, 1.165) is 44.1 Å². The second kappa shape index (κ2) is 6.15. The van der Waals surface area contributed by atoms with Gasteiger partial charge in [0.15, 0.2) is 5.82 Å². The van der Waals surface area contributed by atoms with Gasteiger partial charge >= 0.3 is 0 Å². The fraction of sp³-hybridized carbons (Fsp3) is 0.615. The molecule has 1 atom stereocenters. The largest absolute Gasteiger partial charge is 0.468 e. The van der Waals surface area contributed by atoms with Crippen LogP contribution in [-0.4, -0.2) is 44.4 Å². The van der Waals surface area contributed by atoms with Crippen LogP contribution in [0.1, 0.15) is 24.4 Å². The molecule has 1 aliphatic rings. The van der Waals surface area contributed by atoms with Gasteiger partial charge in [0.2, 0.25) is 0 Å². The minimum atomic E-state index is 0.293. The van der Waals surface area contributed by atoms with Crippen molar-refractivity contribution in [1.82, 2.24) is 25.1 Å². The van der Waals surface area contributed by atoms with Gasteiger partial charge in [-0.25, -0.2) is 0 Å². The summed E-state index contributed by atoms with van der Waals surface area (Å²) >= 11 is 0. The molecular formula is C13H19N5O2. The highest BCUT2D eigenvalue weighted by molar-refractivity contribution is 4.98. The Morgan fingerprint density at radius 1 is 1.45 bits per heavy atom. The first kappa shape index (κ1) is 13.3. The molecule has 0 N–H and O–H groups in total. The average molecular weight is 277 g/mol. The molecule has 3 heterocycles. The Balaban J connectivity index is 1.65. The van der Waals surface area contributed by atoms with Crippen LogP contribution >= 0.6 is 0 Å². The summed E-state index contributed by atoms with van der Waals surface area (Å²) in [5, 5.41) is 12.2. The Morgan fingerprint density at radius 3 is 3.05 bits per heavy atom. The van der Waals surface area contributed by atoms with E-state index in [2.05, 4.69) is 20.3 Å². The lowest BCUT2D eigenvalue weighted by atomic mass is 10.2. The van der Waals surface area contributed by atoms with Crippen molar-refractivity contribution in [3.05, 3.63) is 30.0 Å². The summed E-state index contributed by atoms with van der Waals surface area (Å²) in [6.07, 6.45) is 4.24. The molecule has 7 nitrogen and oxygen atoms in total. The Kier molecular flexibility index (Phi) is 4.08. The average Bonchev–Trinajstić information content (AvgIpc) is 3.13. The lowest BCUT2D eigenvalue weighted by Gasteiger charge is -2.22. The quantitative estimate of drug-likeness (QED) is 0.784. The second-order valence-corrected chi connectivity index (χ2v) is 5.08. The Bertz CT molecular complexity index is 519. The van der Waals surface area contributed by atoms with Crippen molar-refractivity contribution >= 4 is 0 Å². The van der Waals surface area contributed by atoms with Crippen molar-refractivity contribution in [1.29, 1.82) is 0 Å². The Morgan fingerprint density at radius 2 is 2.40 bits per heavy atom. The molecule has 0 saturated carbocycles. The van der Waals surface area contributed by atoms with Crippen LogP contribution in [-0.2, 0) is 24.9 Å². The third-order valence-corrected chi connectivity index (χ3v) is 3.36. The number of aromatic nitrogens is 4. The fourth-order valence-corrected chi connectivity index (χ4v) is 2.47. The van der Waals surface area contributed by atoms with E-state index >= 15 is 0 Å². The summed E-state index contributed by atoms with van der Waals surface area (Å²) < 4.78 is 11.1. The van der Waals surface area contributed by atoms with Gasteiger partial charge in [0.05, 0.1) is 32.5 Å². The van der Waals surface area contributed by atoms with Crippen LogP contribution < -0.4 is 0 Å². The highest BCUT2D eigenvalue weighted by Crippen LogP contribution is 2.16. The maximum Gasteiger partial charge on any atom is 0.188 e. The number of furan rings is 1. The van der Waals surface area contributed by atoms with Gasteiger partial charge in [0.1, 0.15) is 5.76 Å². The number of ether oxygens (including phenoxy) is 1. The normalized spacial score (nSPS) is 19.0. The lowest BCUT2D eigenvalue weighted by Crippen LogP contribution is -2.31. The highest BCUT2D eigenvalue weighted by atomic mass is 16.5. The summed E-state index contributed by atoms with van der Waals surface area (Å²) in [6, 6.07) is 3.88. The molecule has 20 heavy (non-hydrogen) atoms. The van der Waals surface area contributed by atoms with Gasteiger partial charge in [0.25, 0.3) is 0 Å². The molecule has 2 aromatic heterocycles. The van der Waals surface area contributed by atoms with Crippen molar-refractivity contribution in [2.75, 3.05) is 13.2 Å². The Hall–Kier alpha value is -1.73. The number of tetrazole rings is 1. The first-order chi connectivity index (χ1) is 9.79. The number of hydrogen-bond acceptors (Lipinski definition) is 6. The number of nitrogens with zero attached hydrogens (tertiary/aromatic N) is 5. The third-order valence-electron chi connectivity index (χ3n) is 3.36. The lowest BCUT2D eigenvalue weighted by molar-refractivity contribution is 0.0645. The zero-order valence-corrected chi connectivity index (χ0v) is 11.6. The van der Waals surface area contributed by atoms with E-state index in [-0.39, 0.29) is 0 Å². The number of aryl methyl sites for hydroxylation is 1. The standard InChI is InChI=1S/C13H19N5O2/c1-17-15-13(14-16-17)10-18(8-11-4-2-6-19-11)9-12-5-3-7-20-12/h2,4,6,12H,3,5,7-10H2,1H3. The SMILES string of the molecule is Cn1nnc(CN(Cc2ccco2)CC2CCCO2)n1. The zero-order chi connectivity index (χ0) is 13.8. The summed E-state index contributed by atoms with van der Waals surface area (Å²) in [6.45, 7) is 3.10. The zero-order valence-electron chi connectivity index (χ0n) is 11.6. The van der Waals surface area contributed by atoms with E-state index in [0.29, 0.717) is 12.6 Å². The maximum absolute atomic E-state index is 5.71. The van der Waals surface area contributed by atoms with Crippen LogP contribution in [0, 0.1) is 0 Å². The number of hydrogen-bond donors (Lipinski definition) is 0. The molecule has 1 unspecified atom stereocenters. The molecule has 0 aliphatic carbocycles. The molecular weight excluding hydrogens is 258 g/mol. The molecule has 0 radical (unpaired) electrons. The molecule has 0 amide bonds. The van der Waals surface area contributed by atoms with Crippen LogP contribution in [0.3, 0.4) is 0 Å². The van der Waals surface area contributed by atoms with E-state index < -0.39 is 0 Å². The predicted octanol–water partition coefficient (Wildman–Crippen LogP) is 0.984. The summed E-state index contributed by atoms with van der Waals surface area (Å²) in [4.78, 5) is 3.72. The van der Waals surface area contributed by atoms with Crippen molar-refractivity contribution in [3.63, 3.8) is 0 Å². The molecule has 7 heteroatoms. The van der Waals surface area contributed by atoms with Crippen LogP contribution in [0.15, 0.2) is 22.8 Å². The molecule has 0 aromatic carbocycles. The van der Waals surface area contributed by atoms with E-state index in [9.17, 15) is 0 Å². The van der Waals surface area contributed by atoms with E-state index in [4.69, 9.17) is 9.15 Å². The molecule has 1 aliphatic heterocycles. The van der Waals surface area contributed by atoms with E-state index in [1.54, 1.807) is 13.3 Å². The highest BCUT2D eigenvalue weighted by Gasteiger charge is 2.21. The van der Waals surface area contributed by atoms with Gasteiger partial charge in [-0.3, -0.25) is 4.90 Å². The third kappa shape index (κ3) is 3.43. The summed E-state index contributed by atoms with van der Waals surface area (Å²) in [5.41, 5.74) is 0. The second-order valence-electron chi connectivity index (χ2n) is 5.08. The molecule has 3 rings (SSSR count). The molecule has 0 spiro atoms. The van der Waals surface area contributed by atoms with E-state index in [1.165, 1.54) is 4.80 Å². The van der Waals surface area contributed by atoms with Crippen molar-refractivity contribution in [2.24, 2.45) is 7.05 Å². The fourth-order valence-electron chi connectivity index (χ4n) is 2.47. The minimum Gasteiger partial charge on any atom is -0.468 e. The smallest absolute Gasteiger partial charge is 0.188 e. The molecule has 0 bridgehead atoms. The molecule has 1 fully saturated rings. The van der Waals surface area contributed by atoms with Crippen molar-refractivity contribution < 1.29 is 9.15 Å². The van der Waals surface area contributed by atoms with Gasteiger partial charge in [-0.1, -0.05) is 0 Å². The van der Waals surface area contributed by atoms with Crippen molar-refractivity contribution in [3.8, 4) is 0 Å². The van der Waals surface area contributed by atoms with Crippen LogP contribution in [0.2, 0.25) is 0 Å². The van der Waals surface area contributed by atoms with Gasteiger partial charge in [0, 0.05) is 13.2 Å². The summed E-state index contributed by atoms with van der Waals surface area (Å²) in [7, 11) is 1.77. The monoisotopic (exact) mass is 277 g/mol. The minimum absolute atomic E-state index is 0.293. The van der Waals surface area contributed by atoms with Crippen molar-refractivity contribution in [2.45, 2.75) is 32.0 Å². The summed E-state index contributed by atoms with van der Waals surface area (Å²) in [5.74, 6) is 1.66. The molecule has 1 saturated heterocycles. The van der Waals surface area contributed by atoms with Gasteiger partial charge in [-0.15, -0.1) is 10.2 Å².